The molecule has 33 heavy (non-hydrogen) atoms. The van der Waals surface area contributed by atoms with E-state index in [1.807, 2.05) is 19.9 Å². The largest absolute Gasteiger partial charge is 0.356 e. The van der Waals surface area contributed by atoms with E-state index in [-0.39, 0.29) is 48.6 Å². The second-order valence-electron chi connectivity index (χ2n) is 7.79. The highest BCUT2D eigenvalue weighted by Crippen LogP contribution is 2.16. The summed E-state index contributed by atoms with van der Waals surface area (Å²) >= 11 is 0. The lowest BCUT2D eigenvalue weighted by Gasteiger charge is -2.14. The maximum atomic E-state index is 12.7. The molecule has 0 aliphatic carbocycles. The van der Waals surface area contributed by atoms with E-state index in [1.54, 1.807) is 25.1 Å². The molecule has 3 rings (SSSR count). The molecule has 10 heteroatoms. The molecule has 1 aromatic carbocycles. The number of benzene rings is 1. The zero-order chi connectivity index (χ0) is 24.1. The van der Waals surface area contributed by atoms with E-state index in [0.29, 0.717) is 28.7 Å². The molecule has 1 unspecified atom stereocenters. The van der Waals surface area contributed by atoms with Crippen LogP contribution in [0.2, 0.25) is 0 Å². The number of fused-ring (bicyclic) bond motifs is 1. The average Bonchev–Trinajstić information content (AvgIpc) is 3.28. The van der Waals surface area contributed by atoms with Gasteiger partial charge in [-0.15, -0.1) is 0 Å². The van der Waals surface area contributed by atoms with Crippen LogP contribution >= 0.6 is 0 Å². The summed E-state index contributed by atoms with van der Waals surface area (Å²) in [7, 11) is 0. The summed E-state index contributed by atoms with van der Waals surface area (Å²) in [5.41, 5.74) is 0.884. The highest BCUT2D eigenvalue weighted by molar-refractivity contribution is 5.94. The van der Waals surface area contributed by atoms with Gasteiger partial charge in [0.05, 0.1) is 16.5 Å². The number of aryl methyl sites for hydroxylation is 1. The average molecular weight is 450 g/mol. The number of nitriles is 1. The number of hydrogen-bond acceptors (Lipinski definition) is 5. The van der Waals surface area contributed by atoms with Crippen molar-refractivity contribution in [3.8, 4) is 6.07 Å². The van der Waals surface area contributed by atoms with Crippen LogP contribution in [-0.4, -0.2) is 32.5 Å². The van der Waals surface area contributed by atoms with E-state index in [4.69, 9.17) is 5.26 Å². The Hall–Kier alpha value is -4.13. The molecule has 0 fully saturated rings. The Bertz CT molecular complexity index is 1360. The van der Waals surface area contributed by atoms with Gasteiger partial charge in [-0.25, -0.2) is 4.79 Å². The third-order valence-electron chi connectivity index (χ3n) is 5.34. The maximum Gasteiger partial charge on any atom is 0.331 e. The second-order valence-corrected chi connectivity index (χ2v) is 7.79. The van der Waals surface area contributed by atoms with Crippen LogP contribution in [0.5, 0.6) is 0 Å². The fourth-order valence-corrected chi connectivity index (χ4v) is 3.64. The van der Waals surface area contributed by atoms with Crippen LogP contribution in [-0.2, 0) is 17.9 Å². The van der Waals surface area contributed by atoms with E-state index in [0.717, 1.165) is 0 Å². The van der Waals surface area contributed by atoms with Crippen LogP contribution < -0.4 is 21.9 Å². The number of hydrogen-bond donors (Lipinski definition) is 3. The highest BCUT2D eigenvalue weighted by Gasteiger charge is 2.15. The fourth-order valence-electron chi connectivity index (χ4n) is 3.64. The molecule has 0 aliphatic heterocycles. The van der Waals surface area contributed by atoms with Crippen molar-refractivity contribution in [2.45, 2.75) is 40.3 Å². The van der Waals surface area contributed by atoms with Gasteiger partial charge in [0, 0.05) is 37.9 Å². The van der Waals surface area contributed by atoms with Crippen molar-refractivity contribution in [1.82, 2.24) is 19.4 Å². The van der Waals surface area contributed by atoms with Gasteiger partial charge in [0.1, 0.15) is 11.8 Å². The first-order valence-corrected chi connectivity index (χ1v) is 10.7. The van der Waals surface area contributed by atoms with Crippen molar-refractivity contribution in [1.29, 1.82) is 5.26 Å². The minimum Gasteiger partial charge on any atom is -0.356 e. The minimum absolute atomic E-state index is 0.151. The number of nitrogens with one attached hydrogen (secondary N) is 3. The molecule has 3 N–H and O–H groups in total. The summed E-state index contributed by atoms with van der Waals surface area (Å²) in [5.74, 6) is -0.766. The van der Waals surface area contributed by atoms with Crippen LogP contribution in [0.4, 0.5) is 5.69 Å². The van der Waals surface area contributed by atoms with Crippen molar-refractivity contribution in [3.05, 3.63) is 62.6 Å². The fraction of sp³-hybridized carbons (Fsp3) is 0.348. The summed E-state index contributed by atoms with van der Waals surface area (Å²) in [4.78, 5) is 52.6. The number of anilines is 1. The number of nitrogens with zero attached hydrogens (tertiary/aromatic N) is 3. The topological polar surface area (TPSA) is 142 Å². The van der Waals surface area contributed by atoms with Gasteiger partial charge in [-0.3, -0.25) is 23.5 Å². The molecule has 0 saturated heterocycles. The molecule has 172 valence electrons. The molecule has 2 aromatic heterocycles. The maximum absolute atomic E-state index is 12.7. The molecular formula is C23H26N6O4. The van der Waals surface area contributed by atoms with Crippen LogP contribution in [0.25, 0.3) is 10.9 Å². The van der Waals surface area contributed by atoms with Crippen molar-refractivity contribution in [2.75, 3.05) is 11.9 Å². The van der Waals surface area contributed by atoms with Crippen LogP contribution in [0.15, 0.2) is 40.1 Å². The summed E-state index contributed by atoms with van der Waals surface area (Å²) in [6.45, 7) is 6.35. The first-order valence-electron chi connectivity index (χ1n) is 10.7. The Balaban J connectivity index is 1.66. The predicted octanol–water partition coefficient (Wildman–Crippen LogP) is 1.80. The zero-order valence-electron chi connectivity index (χ0n) is 18.8. The molecule has 0 radical (unpaired) electrons. The van der Waals surface area contributed by atoms with Gasteiger partial charge in [0.2, 0.25) is 5.91 Å². The monoisotopic (exact) mass is 450 g/mol. The van der Waals surface area contributed by atoms with Crippen LogP contribution in [0.1, 0.15) is 43.2 Å². The van der Waals surface area contributed by atoms with E-state index >= 15 is 0 Å². The lowest BCUT2D eigenvalue weighted by molar-refractivity contribution is -0.116. The number of aromatic nitrogens is 3. The lowest BCUT2D eigenvalue weighted by Crippen LogP contribution is -2.39. The van der Waals surface area contributed by atoms with E-state index in [9.17, 15) is 19.2 Å². The first-order chi connectivity index (χ1) is 15.8. The standard InChI is InChI=1S/C23H26N6O4/c1-4-28-19-7-6-16(10-17(19)22(32)29(5-2)23(28)33)27-20(30)8-14(3)12-26-21(31)18-9-15(11-24)13-25-18/h6-7,9-10,13-14,25H,4-5,8,12H2,1-3H3,(H,26,31)(H,27,30). The number of carbonyl (C=O) groups excluding carboxylic acids is 2. The summed E-state index contributed by atoms with van der Waals surface area (Å²) in [6, 6.07) is 8.30. The van der Waals surface area contributed by atoms with Gasteiger partial charge in [0.15, 0.2) is 0 Å². The van der Waals surface area contributed by atoms with Crippen molar-refractivity contribution in [3.63, 3.8) is 0 Å². The summed E-state index contributed by atoms with van der Waals surface area (Å²) < 4.78 is 2.70. The van der Waals surface area contributed by atoms with Gasteiger partial charge in [-0.05, 0) is 44.0 Å². The number of rotatable bonds is 8. The lowest BCUT2D eigenvalue weighted by atomic mass is 10.1. The predicted molar refractivity (Wildman–Crippen MR) is 124 cm³/mol. The van der Waals surface area contributed by atoms with Crippen molar-refractivity contribution >= 4 is 28.4 Å². The third kappa shape index (κ3) is 5.03. The SMILES string of the molecule is CCn1c(=O)c2cc(NC(=O)CC(C)CNC(=O)c3cc(C#N)c[nH]3)ccc2n(CC)c1=O. The molecule has 10 nitrogen and oxygen atoms in total. The molecule has 2 amide bonds. The van der Waals surface area contributed by atoms with E-state index in [1.165, 1.54) is 21.4 Å². The van der Waals surface area contributed by atoms with Gasteiger partial charge in [-0.1, -0.05) is 6.92 Å². The first kappa shape index (κ1) is 23.5. The van der Waals surface area contributed by atoms with Crippen molar-refractivity contribution in [2.24, 2.45) is 5.92 Å². The van der Waals surface area contributed by atoms with Gasteiger partial charge < -0.3 is 15.6 Å². The zero-order valence-corrected chi connectivity index (χ0v) is 18.8. The Morgan fingerprint density at radius 3 is 2.52 bits per heavy atom. The van der Waals surface area contributed by atoms with Crippen LogP contribution in [0.3, 0.4) is 0 Å². The molecule has 0 aliphatic rings. The quantitative estimate of drug-likeness (QED) is 0.480. The number of amides is 2. The Labute approximate surface area is 189 Å². The Morgan fingerprint density at radius 1 is 1.15 bits per heavy atom. The molecule has 0 bridgehead atoms. The van der Waals surface area contributed by atoms with E-state index in [2.05, 4.69) is 15.6 Å². The van der Waals surface area contributed by atoms with E-state index < -0.39 is 5.56 Å². The molecular weight excluding hydrogens is 424 g/mol. The highest BCUT2D eigenvalue weighted by atomic mass is 16.2. The number of carbonyl (C=O) groups is 2. The molecule has 0 saturated carbocycles. The summed E-state index contributed by atoms with van der Waals surface area (Å²) in [5, 5.41) is 14.7. The normalized spacial score (nSPS) is 11.7. The smallest absolute Gasteiger partial charge is 0.331 e. The van der Waals surface area contributed by atoms with Gasteiger partial charge >= 0.3 is 5.69 Å². The Kier molecular flexibility index (Phi) is 7.13. The molecule has 2 heterocycles. The number of aromatic amines is 1. The minimum atomic E-state index is -0.391. The van der Waals surface area contributed by atoms with Gasteiger partial charge in [-0.2, -0.15) is 5.26 Å². The number of H-pyrrole nitrogens is 1. The molecule has 3 aromatic rings. The molecule has 0 spiro atoms. The second kappa shape index (κ2) is 9.99. The van der Waals surface area contributed by atoms with Crippen LogP contribution in [0, 0.1) is 17.2 Å². The Morgan fingerprint density at radius 2 is 1.88 bits per heavy atom. The summed E-state index contributed by atoms with van der Waals surface area (Å²) in [6.07, 6.45) is 1.60. The van der Waals surface area contributed by atoms with Crippen molar-refractivity contribution < 1.29 is 9.59 Å². The third-order valence-corrected chi connectivity index (χ3v) is 5.34. The van der Waals surface area contributed by atoms with Gasteiger partial charge in [0.25, 0.3) is 11.5 Å². The molecule has 1 atom stereocenters.